The van der Waals surface area contributed by atoms with Gasteiger partial charge in [-0.1, -0.05) is 0 Å². The van der Waals surface area contributed by atoms with Gasteiger partial charge >= 0.3 is 5.97 Å². The van der Waals surface area contributed by atoms with Crippen LogP contribution in [0, 0.1) is 0 Å². The Hall–Kier alpha value is -0.570. The molecule has 0 aliphatic heterocycles. The largest absolute Gasteiger partial charge is 0.480 e. The van der Waals surface area contributed by atoms with Gasteiger partial charge < -0.3 is 5.11 Å². The molecule has 3 nitrogen and oxygen atoms in total. The minimum Gasteiger partial charge on any atom is -0.480 e. The molecule has 2 fully saturated rings. The van der Waals surface area contributed by atoms with Crippen LogP contribution in [0.25, 0.3) is 0 Å². The summed E-state index contributed by atoms with van der Waals surface area (Å²) in [6, 6.07) is 1.22. The van der Waals surface area contributed by atoms with Crippen molar-refractivity contribution in [2.45, 2.75) is 37.8 Å². The molecule has 0 heterocycles. The standard InChI is InChI=1S/C8H13NO2/c10-8(11)5-9(6-1-2-6)7-3-4-7/h6-7H,1-5H2,(H,10,11). The number of rotatable bonds is 4. The molecular weight excluding hydrogens is 142 g/mol. The summed E-state index contributed by atoms with van der Waals surface area (Å²) in [5.74, 6) is -0.677. The number of carbonyl (C=O) groups is 1. The molecule has 2 aliphatic carbocycles. The zero-order chi connectivity index (χ0) is 7.84. The summed E-state index contributed by atoms with van der Waals surface area (Å²) in [5, 5.41) is 8.60. The van der Waals surface area contributed by atoms with E-state index in [1.807, 2.05) is 0 Å². The topological polar surface area (TPSA) is 40.5 Å². The number of hydrogen-bond donors (Lipinski definition) is 1. The van der Waals surface area contributed by atoms with E-state index >= 15 is 0 Å². The van der Waals surface area contributed by atoms with Gasteiger partial charge in [-0.05, 0) is 25.7 Å². The Morgan fingerprint density at radius 3 is 2.00 bits per heavy atom. The van der Waals surface area contributed by atoms with Gasteiger partial charge in [0, 0.05) is 12.1 Å². The number of hydrogen-bond acceptors (Lipinski definition) is 2. The Balaban J connectivity index is 1.86. The summed E-state index contributed by atoms with van der Waals surface area (Å²) in [7, 11) is 0. The minimum absolute atomic E-state index is 0.259. The summed E-state index contributed by atoms with van der Waals surface area (Å²) in [6.07, 6.45) is 4.85. The molecule has 1 N–H and O–H groups in total. The maximum absolute atomic E-state index is 10.4. The monoisotopic (exact) mass is 155 g/mol. The van der Waals surface area contributed by atoms with Crippen LogP contribution >= 0.6 is 0 Å². The first kappa shape index (κ1) is 7.10. The molecule has 3 heteroatoms. The maximum atomic E-state index is 10.4. The zero-order valence-electron chi connectivity index (χ0n) is 6.49. The Morgan fingerprint density at radius 2 is 1.73 bits per heavy atom. The number of carboxylic acids is 1. The summed E-state index contributed by atoms with van der Waals surface area (Å²) >= 11 is 0. The molecule has 0 aromatic heterocycles. The first-order valence-electron chi connectivity index (χ1n) is 4.25. The van der Waals surface area contributed by atoms with Crippen molar-refractivity contribution < 1.29 is 9.90 Å². The predicted octanol–water partition coefficient (Wildman–Crippen LogP) is 0.698. The molecule has 2 rings (SSSR count). The fraction of sp³-hybridized carbons (Fsp3) is 0.875. The highest BCUT2D eigenvalue weighted by molar-refractivity contribution is 5.69. The second kappa shape index (κ2) is 2.48. The second-order valence-electron chi connectivity index (χ2n) is 3.53. The van der Waals surface area contributed by atoms with Crippen molar-refractivity contribution in [1.29, 1.82) is 0 Å². The normalized spacial score (nSPS) is 24.1. The van der Waals surface area contributed by atoms with Crippen molar-refractivity contribution in [2.75, 3.05) is 6.54 Å². The Morgan fingerprint density at radius 1 is 1.27 bits per heavy atom. The number of aliphatic carboxylic acids is 1. The first-order chi connectivity index (χ1) is 5.27. The molecular formula is C8H13NO2. The smallest absolute Gasteiger partial charge is 0.317 e. The highest BCUT2D eigenvalue weighted by Gasteiger charge is 2.39. The van der Waals surface area contributed by atoms with Crippen LogP contribution in [0.15, 0.2) is 0 Å². The number of carboxylic acid groups (broad SMARTS) is 1. The van der Waals surface area contributed by atoms with Crippen LogP contribution in [-0.4, -0.2) is 34.6 Å². The summed E-state index contributed by atoms with van der Waals surface area (Å²) in [4.78, 5) is 12.6. The molecule has 0 saturated heterocycles. The number of nitrogens with zero attached hydrogens (tertiary/aromatic N) is 1. The lowest BCUT2D eigenvalue weighted by Crippen LogP contribution is -2.33. The van der Waals surface area contributed by atoms with E-state index in [9.17, 15) is 4.79 Å². The molecule has 0 amide bonds. The van der Waals surface area contributed by atoms with E-state index in [4.69, 9.17) is 5.11 Å². The van der Waals surface area contributed by atoms with Crippen LogP contribution in [0.1, 0.15) is 25.7 Å². The van der Waals surface area contributed by atoms with Crippen molar-refractivity contribution in [3.05, 3.63) is 0 Å². The van der Waals surface area contributed by atoms with E-state index in [1.165, 1.54) is 25.7 Å². The van der Waals surface area contributed by atoms with E-state index in [-0.39, 0.29) is 6.54 Å². The van der Waals surface area contributed by atoms with Crippen LogP contribution in [0.4, 0.5) is 0 Å². The van der Waals surface area contributed by atoms with Gasteiger partial charge in [-0.15, -0.1) is 0 Å². The van der Waals surface area contributed by atoms with Crippen molar-refractivity contribution in [1.82, 2.24) is 4.90 Å². The van der Waals surface area contributed by atoms with E-state index in [1.54, 1.807) is 0 Å². The van der Waals surface area contributed by atoms with Gasteiger partial charge in [0.25, 0.3) is 0 Å². The lowest BCUT2D eigenvalue weighted by atomic mass is 10.4. The Kier molecular flexibility index (Phi) is 1.60. The summed E-state index contributed by atoms with van der Waals surface area (Å²) < 4.78 is 0. The second-order valence-corrected chi connectivity index (χ2v) is 3.53. The van der Waals surface area contributed by atoms with Gasteiger partial charge in [0.05, 0.1) is 6.54 Å². The van der Waals surface area contributed by atoms with Gasteiger partial charge in [0.1, 0.15) is 0 Å². The average molecular weight is 155 g/mol. The van der Waals surface area contributed by atoms with Crippen LogP contribution in [-0.2, 0) is 4.79 Å². The van der Waals surface area contributed by atoms with Gasteiger partial charge in [-0.3, -0.25) is 9.69 Å². The van der Waals surface area contributed by atoms with E-state index in [2.05, 4.69) is 4.90 Å². The molecule has 11 heavy (non-hydrogen) atoms. The van der Waals surface area contributed by atoms with E-state index < -0.39 is 5.97 Å². The molecule has 0 bridgehead atoms. The lowest BCUT2D eigenvalue weighted by Gasteiger charge is -2.18. The third-order valence-electron chi connectivity index (χ3n) is 2.35. The van der Waals surface area contributed by atoms with Crippen LogP contribution in [0.2, 0.25) is 0 Å². The highest BCUT2D eigenvalue weighted by atomic mass is 16.4. The summed E-state index contributed by atoms with van der Waals surface area (Å²) in [5.41, 5.74) is 0. The Bertz CT molecular complexity index is 161. The molecule has 2 aliphatic rings. The van der Waals surface area contributed by atoms with Crippen molar-refractivity contribution in [3.63, 3.8) is 0 Å². The fourth-order valence-electron chi connectivity index (χ4n) is 1.52. The maximum Gasteiger partial charge on any atom is 0.317 e. The van der Waals surface area contributed by atoms with Crippen molar-refractivity contribution >= 4 is 5.97 Å². The molecule has 0 aromatic rings. The fourth-order valence-corrected chi connectivity index (χ4v) is 1.52. The van der Waals surface area contributed by atoms with E-state index in [0.29, 0.717) is 12.1 Å². The third-order valence-corrected chi connectivity index (χ3v) is 2.35. The highest BCUT2D eigenvalue weighted by Crippen LogP contribution is 2.36. The van der Waals surface area contributed by atoms with E-state index in [0.717, 1.165) is 0 Å². The molecule has 0 atom stereocenters. The predicted molar refractivity (Wildman–Crippen MR) is 40.4 cm³/mol. The third kappa shape index (κ3) is 1.71. The van der Waals surface area contributed by atoms with Gasteiger partial charge in [0.2, 0.25) is 0 Å². The molecule has 0 unspecified atom stereocenters. The summed E-state index contributed by atoms with van der Waals surface area (Å²) in [6.45, 7) is 0.259. The van der Waals surface area contributed by atoms with Gasteiger partial charge in [0.15, 0.2) is 0 Å². The molecule has 62 valence electrons. The van der Waals surface area contributed by atoms with Gasteiger partial charge in [-0.25, -0.2) is 0 Å². The van der Waals surface area contributed by atoms with Crippen molar-refractivity contribution in [3.8, 4) is 0 Å². The average Bonchev–Trinajstić information content (AvgIpc) is 2.79. The van der Waals surface area contributed by atoms with Crippen LogP contribution in [0.5, 0.6) is 0 Å². The molecule has 0 aromatic carbocycles. The lowest BCUT2D eigenvalue weighted by molar-refractivity contribution is -0.138. The quantitative estimate of drug-likeness (QED) is 0.649. The molecule has 2 saturated carbocycles. The first-order valence-corrected chi connectivity index (χ1v) is 4.25. The minimum atomic E-state index is -0.677. The van der Waals surface area contributed by atoms with Gasteiger partial charge in [-0.2, -0.15) is 0 Å². The zero-order valence-corrected chi connectivity index (χ0v) is 6.49. The van der Waals surface area contributed by atoms with Crippen LogP contribution < -0.4 is 0 Å². The van der Waals surface area contributed by atoms with Crippen LogP contribution in [0.3, 0.4) is 0 Å². The Labute approximate surface area is 66.0 Å². The molecule has 0 radical (unpaired) electrons. The van der Waals surface area contributed by atoms with Crippen molar-refractivity contribution in [2.24, 2.45) is 0 Å². The molecule has 0 spiro atoms. The SMILES string of the molecule is O=C(O)CN(C1CC1)C1CC1.